The SMILES string of the molecule is CCOC(=O)N1CCN(C(=O)c2cnc(CC)s2)CC1. The van der Waals surface area contributed by atoms with Crippen LogP contribution in [0.3, 0.4) is 0 Å². The van der Waals surface area contributed by atoms with E-state index in [1.54, 1.807) is 22.9 Å². The average Bonchev–Trinajstić information content (AvgIpc) is 2.96. The fourth-order valence-electron chi connectivity index (χ4n) is 2.04. The molecular formula is C13H19N3O3S. The van der Waals surface area contributed by atoms with Gasteiger partial charge in [0.05, 0.1) is 17.8 Å². The molecule has 7 heteroatoms. The largest absolute Gasteiger partial charge is 0.450 e. The first-order valence-corrected chi connectivity index (χ1v) is 7.63. The van der Waals surface area contributed by atoms with E-state index in [0.29, 0.717) is 37.7 Å². The molecule has 20 heavy (non-hydrogen) atoms. The Morgan fingerprint density at radius 2 is 1.90 bits per heavy atom. The zero-order chi connectivity index (χ0) is 14.5. The molecule has 0 N–H and O–H groups in total. The van der Waals surface area contributed by atoms with Crippen molar-refractivity contribution in [1.29, 1.82) is 0 Å². The van der Waals surface area contributed by atoms with Crippen molar-refractivity contribution in [3.8, 4) is 0 Å². The molecule has 0 bridgehead atoms. The highest BCUT2D eigenvalue weighted by atomic mass is 32.1. The van der Waals surface area contributed by atoms with Crippen molar-refractivity contribution in [3.63, 3.8) is 0 Å². The van der Waals surface area contributed by atoms with Crippen LogP contribution in [0, 0.1) is 0 Å². The highest BCUT2D eigenvalue weighted by Gasteiger charge is 2.26. The molecule has 0 spiro atoms. The van der Waals surface area contributed by atoms with Crippen LogP contribution in [-0.4, -0.2) is 59.6 Å². The van der Waals surface area contributed by atoms with Gasteiger partial charge in [-0.05, 0) is 13.3 Å². The number of aryl methyl sites for hydroxylation is 1. The van der Waals surface area contributed by atoms with Gasteiger partial charge in [-0.25, -0.2) is 9.78 Å². The van der Waals surface area contributed by atoms with Crippen molar-refractivity contribution in [2.45, 2.75) is 20.3 Å². The maximum Gasteiger partial charge on any atom is 0.409 e. The van der Waals surface area contributed by atoms with E-state index < -0.39 is 0 Å². The molecule has 0 aliphatic carbocycles. The standard InChI is InChI=1S/C13H19N3O3S/c1-3-11-14-9-10(20-11)12(17)15-5-7-16(8-6-15)13(18)19-4-2/h9H,3-8H2,1-2H3. The maximum atomic E-state index is 12.3. The number of carbonyl (C=O) groups is 2. The fourth-order valence-corrected chi connectivity index (χ4v) is 2.86. The van der Waals surface area contributed by atoms with Gasteiger partial charge >= 0.3 is 6.09 Å². The summed E-state index contributed by atoms with van der Waals surface area (Å²) in [5.74, 6) is 0.00529. The molecule has 0 saturated carbocycles. The van der Waals surface area contributed by atoms with E-state index in [-0.39, 0.29) is 12.0 Å². The highest BCUT2D eigenvalue weighted by molar-refractivity contribution is 7.13. The fraction of sp³-hybridized carbons (Fsp3) is 0.615. The Bertz CT molecular complexity index is 481. The van der Waals surface area contributed by atoms with Gasteiger partial charge in [0, 0.05) is 26.2 Å². The highest BCUT2D eigenvalue weighted by Crippen LogP contribution is 2.17. The summed E-state index contributed by atoms with van der Waals surface area (Å²) < 4.78 is 4.96. The lowest BCUT2D eigenvalue weighted by Gasteiger charge is -2.33. The van der Waals surface area contributed by atoms with Crippen LogP contribution in [0.1, 0.15) is 28.5 Å². The smallest absolute Gasteiger partial charge is 0.409 e. The molecule has 1 fully saturated rings. The summed E-state index contributed by atoms with van der Waals surface area (Å²) in [5, 5.41) is 0.971. The van der Waals surface area contributed by atoms with E-state index in [1.165, 1.54) is 11.3 Å². The third kappa shape index (κ3) is 3.27. The molecule has 2 rings (SSSR count). The van der Waals surface area contributed by atoms with Gasteiger partial charge < -0.3 is 14.5 Å². The number of thiazole rings is 1. The molecule has 6 nitrogen and oxygen atoms in total. The minimum Gasteiger partial charge on any atom is -0.450 e. The number of hydrogen-bond acceptors (Lipinski definition) is 5. The van der Waals surface area contributed by atoms with Gasteiger partial charge in [-0.3, -0.25) is 4.79 Å². The lowest BCUT2D eigenvalue weighted by molar-refractivity contribution is 0.0574. The Labute approximate surface area is 122 Å². The molecule has 2 amide bonds. The summed E-state index contributed by atoms with van der Waals surface area (Å²) in [5.41, 5.74) is 0. The minimum absolute atomic E-state index is 0.00529. The lowest BCUT2D eigenvalue weighted by Crippen LogP contribution is -2.50. The van der Waals surface area contributed by atoms with E-state index in [1.807, 2.05) is 6.92 Å². The molecule has 0 radical (unpaired) electrons. The van der Waals surface area contributed by atoms with Crippen LogP contribution in [0.4, 0.5) is 4.79 Å². The van der Waals surface area contributed by atoms with E-state index >= 15 is 0 Å². The van der Waals surface area contributed by atoms with Gasteiger partial charge in [0.1, 0.15) is 4.88 Å². The van der Waals surface area contributed by atoms with Crippen molar-refractivity contribution in [2.75, 3.05) is 32.8 Å². The first kappa shape index (κ1) is 14.8. The quantitative estimate of drug-likeness (QED) is 0.850. The second-order valence-corrected chi connectivity index (χ2v) is 5.57. The Balaban J connectivity index is 1.90. The summed E-state index contributed by atoms with van der Waals surface area (Å²) in [6.07, 6.45) is 2.18. The average molecular weight is 297 g/mol. The zero-order valence-electron chi connectivity index (χ0n) is 11.8. The van der Waals surface area contributed by atoms with Crippen LogP contribution in [0.2, 0.25) is 0 Å². The molecule has 1 aromatic rings. The van der Waals surface area contributed by atoms with Crippen LogP contribution in [-0.2, 0) is 11.2 Å². The summed E-state index contributed by atoms with van der Waals surface area (Å²) in [6.45, 7) is 6.29. The molecule has 1 aromatic heterocycles. The number of carbonyl (C=O) groups excluding carboxylic acids is 2. The van der Waals surface area contributed by atoms with E-state index in [0.717, 1.165) is 11.4 Å². The summed E-state index contributed by atoms with van der Waals surface area (Å²) >= 11 is 1.44. The lowest BCUT2D eigenvalue weighted by atomic mass is 10.3. The van der Waals surface area contributed by atoms with Crippen LogP contribution in [0.25, 0.3) is 0 Å². The monoisotopic (exact) mass is 297 g/mol. The Hall–Kier alpha value is -1.63. The molecule has 0 atom stereocenters. The van der Waals surface area contributed by atoms with Crippen LogP contribution >= 0.6 is 11.3 Å². The van der Waals surface area contributed by atoms with Crippen molar-refractivity contribution >= 4 is 23.3 Å². The Morgan fingerprint density at radius 1 is 1.25 bits per heavy atom. The van der Waals surface area contributed by atoms with Gasteiger partial charge in [0.25, 0.3) is 5.91 Å². The summed E-state index contributed by atoms with van der Waals surface area (Å²) in [6, 6.07) is 0. The summed E-state index contributed by atoms with van der Waals surface area (Å²) in [4.78, 5) is 32.2. The molecule has 2 heterocycles. The molecule has 0 unspecified atom stereocenters. The minimum atomic E-state index is -0.300. The van der Waals surface area contributed by atoms with Crippen molar-refractivity contribution in [2.24, 2.45) is 0 Å². The number of aromatic nitrogens is 1. The second-order valence-electron chi connectivity index (χ2n) is 4.45. The number of ether oxygens (including phenoxy) is 1. The molecule has 1 aliphatic rings. The third-order valence-electron chi connectivity index (χ3n) is 3.16. The van der Waals surface area contributed by atoms with Gasteiger partial charge in [0.15, 0.2) is 0 Å². The number of hydrogen-bond donors (Lipinski definition) is 0. The van der Waals surface area contributed by atoms with Gasteiger partial charge in [-0.1, -0.05) is 6.92 Å². The number of nitrogens with zero attached hydrogens (tertiary/aromatic N) is 3. The predicted octanol–water partition coefficient (Wildman–Crippen LogP) is 1.62. The topological polar surface area (TPSA) is 62.7 Å². The van der Waals surface area contributed by atoms with Crippen LogP contribution in [0.15, 0.2) is 6.20 Å². The molecular weight excluding hydrogens is 278 g/mol. The normalized spacial score (nSPS) is 15.3. The first-order valence-electron chi connectivity index (χ1n) is 6.81. The van der Waals surface area contributed by atoms with Crippen molar-refractivity contribution in [1.82, 2.24) is 14.8 Å². The van der Waals surface area contributed by atoms with Gasteiger partial charge in [-0.2, -0.15) is 0 Å². The molecule has 0 aromatic carbocycles. The Morgan fingerprint density at radius 3 is 2.45 bits per heavy atom. The number of rotatable bonds is 3. The van der Waals surface area contributed by atoms with Crippen LogP contribution in [0.5, 0.6) is 0 Å². The van der Waals surface area contributed by atoms with Crippen molar-refractivity contribution in [3.05, 3.63) is 16.1 Å². The van der Waals surface area contributed by atoms with Gasteiger partial charge in [-0.15, -0.1) is 11.3 Å². The third-order valence-corrected chi connectivity index (χ3v) is 4.29. The zero-order valence-corrected chi connectivity index (χ0v) is 12.6. The predicted molar refractivity (Wildman–Crippen MR) is 76.0 cm³/mol. The van der Waals surface area contributed by atoms with Crippen molar-refractivity contribution < 1.29 is 14.3 Å². The maximum absolute atomic E-state index is 12.3. The molecule has 1 saturated heterocycles. The van der Waals surface area contributed by atoms with Crippen LogP contribution < -0.4 is 0 Å². The van der Waals surface area contributed by atoms with E-state index in [4.69, 9.17) is 4.74 Å². The number of piperazine rings is 1. The van der Waals surface area contributed by atoms with Gasteiger partial charge in [0.2, 0.25) is 0 Å². The second kappa shape index (κ2) is 6.69. The summed E-state index contributed by atoms with van der Waals surface area (Å²) in [7, 11) is 0. The van der Waals surface area contributed by atoms with E-state index in [9.17, 15) is 9.59 Å². The van der Waals surface area contributed by atoms with E-state index in [2.05, 4.69) is 4.98 Å². The molecule has 1 aliphatic heterocycles. The number of amides is 2. The molecule has 110 valence electrons. The Kier molecular flexibility index (Phi) is 4.94. The first-order chi connectivity index (χ1) is 9.65.